The molecule has 0 amide bonds. The zero-order valence-corrected chi connectivity index (χ0v) is 13.1. The maximum Gasteiger partial charge on any atom is 0.134 e. The number of anilines is 2. The van der Waals surface area contributed by atoms with E-state index in [-0.39, 0.29) is 12.1 Å². The Balaban J connectivity index is 1.91. The predicted octanol–water partition coefficient (Wildman–Crippen LogP) is 2.22. The van der Waals surface area contributed by atoms with Crippen molar-refractivity contribution in [3.05, 3.63) is 47.8 Å². The highest BCUT2D eigenvalue weighted by Crippen LogP contribution is 2.34. The Morgan fingerprint density at radius 1 is 1.23 bits per heavy atom. The number of nitrogens with zero attached hydrogens (tertiary/aromatic N) is 3. The molecule has 1 aromatic heterocycles. The molecule has 0 unspecified atom stereocenters. The summed E-state index contributed by atoms with van der Waals surface area (Å²) in [7, 11) is 0. The average molecular weight is 298 g/mol. The highest BCUT2D eigenvalue weighted by atomic mass is 16.3. The number of fused-ring (bicyclic) bond motifs is 1. The molecule has 0 spiro atoms. The summed E-state index contributed by atoms with van der Waals surface area (Å²) in [5.74, 6) is 1.66. The van der Waals surface area contributed by atoms with Crippen LogP contribution < -0.4 is 10.2 Å². The maximum atomic E-state index is 8.92. The minimum absolute atomic E-state index is 0.00302. The first-order chi connectivity index (χ1) is 10.6. The van der Waals surface area contributed by atoms with Crippen LogP contribution in [0.2, 0.25) is 0 Å². The summed E-state index contributed by atoms with van der Waals surface area (Å²) in [6.07, 6.45) is 2.57. The van der Waals surface area contributed by atoms with Gasteiger partial charge in [-0.05, 0) is 31.4 Å². The third-order valence-electron chi connectivity index (χ3n) is 4.15. The number of aromatic nitrogens is 2. The Labute approximate surface area is 131 Å². The van der Waals surface area contributed by atoms with Gasteiger partial charge < -0.3 is 15.3 Å². The Hall–Kier alpha value is -2.14. The standard InChI is InChI=1S/C17H22N4O/c1-17(2)10-13-5-3-4-6-14(13)11-21(17)16-9-15(18-7-8-22)19-12-20-16/h3-6,9,12,22H,7-8,10-11H2,1-2H3,(H,18,19,20). The molecular formula is C17H22N4O. The van der Waals surface area contributed by atoms with Gasteiger partial charge in [-0.2, -0.15) is 0 Å². The molecule has 2 heterocycles. The van der Waals surface area contributed by atoms with Gasteiger partial charge in [-0.25, -0.2) is 9.97 Å². The molecule has 5 heteroatoms. The van der Waals surface area contributed by atoms with Crippen molar-refractivity contribution in [2.75, 3.05) is 23.4 Å². The molecule has 0 atom stereocenters. The van der Waals surface area contributed by atoms with E-state index in [0.717, 1.165) is 24.6 Å². The molecule has 0 saturated carbocycles. The summed E-state index contributed by atoms with van der Waals surface area (Å²) in [4.78, 5) is 11.0. The van der Waals surface area contributed by atoms with Gasteiger partial charge in [-0.3, -0.25) is 0 Å². The van der Waals surface area contributed by atoms with E-state index in [0.29, 0.717) is 6.54 Å². The zero-order valence-electron chi connectivity index (χ0n) is 13.1. The highest BCUT2D eigenvalue weighted by molar-refractivity contribution is 5.53. The van der Waals surface area contributed by atoms with Crippen LogP contribution in [0.3, 0.4) is 0 Å². The summed E-state index contributed by atoms with van der Waals surface area (Å²) >= 11 is 0. The van der Waals surface area contributed by atoms with E-state index in [4.69, 9.17) is 5.11 Å². The van der Waals surface area contributed by atoms with E-state index in [9.17, 15) is 0 Å². The first kappa shape index (κ1) is 14.8. The van der Waals surface area contributed by atoms with E-state index in [2.05, 4.69) is 58.3 Å². The van der Waals surface area contributed by atoms with Crippen LogP contribution in [0, 0.1) is 0 Å². The molecule has 2 aromatic rings. The molecule has 5 nitrogen and oxygen atoms in total. The number of aliphatic hydroxyl groups excluding tert-OH is 1. The molecule has 0 saturated heterocycles. The van der Waals surface area contributed by atoms with Gasteiger partial charge >= 0.3 is 0 Å². The van der Waals surface area contributed by atoms with Gasteiger partial charge in [-0.15, -0.1) is 0 Å². The Morgan fingerprint density at radius 2 is 2.00 bits per heavy atom. The van der Waals surface area contributed by atoms with Crippen molar-refractivity contribution in [2.45, 2.75) is 32.4 Å². The number of aliphatic hydroxyl groups is 1. The van der Waals surface area contributed by atoms with Crippen LogP contribution >= 0.6 is 0 Å². The summed E-state index contributed by atoms with van der Waals surface area (Å²) in [6, 6.07) is 10.5. The molecule has 0 fully saturated rings. The number of hydrogen-bond acceptors (Lipinski definition) is 5. The number of benzene rings is 1. The van der Waals surface area contributed by atoms with Gasteiger partial charge in [0.25, 0.3) is 0 Å². The Morgan fingerprint density at radius 3 is 2.77 bits per heavy atom. The second-order valence-corrected chi connectivity index (χ2v) is 6.26. The lowest BCUT2D eigenvalue weighted by atomic mass is 9.85. The number of nitrogens with one attached hydrogen (secondary N) is 1. The average Bonchev–Trinajstić information content (AvgIpc) is 2.51. The lowest BCUT2D eigenvalue weighted by Gasteiger charge is -2.44. The van der Waals surface area contributed by atoms with Crippen LogP contribution in [0.15, 0.2) is 36.7 Å². The lowest BCUT2D eigenvalue weighted by molar-refractivity contribution is 0.311. The van der Waals surface area contributed by atoms with Crippen molar-refractivity contribution < 1.29 is 5.11 Å². The van der Waals surface area contributed by atoms with Crippen molar-refractivity contribution in [3.63, 3.8) is 0 Å². The van der Waals surface area contributed by atoms with Crippen molar-refractivity contribution in [1.29, 1.82) is 0 Å². The van der Waals surface area contributed by atoms with E-state index >= 15 is 0 Å². The molecule has 1 aliphatic rings. The first-order valence-electron chi connectivity index (χ1n) is 7.61. The van der Waals surface area contributed by atoms with Crippen molar-refractivity contribution in [2.24, 2.45) is 0 Å². The highest BCUT2D eigenvalue weighted by Gasteiger charge is 2.33. The van der Waals surface area contributed by atoms with Crippen LogP contribution in [0.5, 0.6) is 0 Å². The predicted molar refractivity (Wildman–Crippen MR) is 88.0 cm³/mol. The quantitative estimate of drug-likeness (QED) is 0.906. The van der Waals surface area contributed by atoms with Crippen molar-refractivity contribution in [3.8, 4) is 0 Å². The Kier molecular flexibility index (Phi) is 3.98. The lowest BCUT2D eigenvalue weighted by Crippen LogP contribution is -2.49. The van der Waals surface area contributed by atoms with Crippen LogP contribution in [-0.4, -0.2) is 33.8 Å². The second kappa shape index (κ2) is 5.93. The van der Waals surface area contributed by atoms with Crippen LogP contribution in [-0.2, 0) is 13.0 Å². The smallest absolute Gasteiger partial charge is 0.134 e. The van der Waals surface area contributed by atoms with E-state index in [1.165, 1.54) is 11.1 Å². The fourth-order valence-electron chi connectivity index (χ4n) is 3.00. The monoisotopic (exact) mass is 298 g/mol. The topological polar surface area (TPSA) is 61.3 Å². The molecule has 0 aliphatic carbocycles. The molecule has 116 valence electrons. The fourth-order valence-corrected chi connectivity index (χ4v) is 3.00. The van der Waals surface area contributed by atoms with Gasteiger partial charge in [0.2, 0.25) is 0 Å². The first-order valence-corrected chi connectivity index (χ1v) is 7.61. The van der Waals surface area contributed by atoms with Crippen LogP contribution in [0.4, 0.5) is 11.6 Å². The summed E-state index contributed by atoms with van der Waals surface area (Å²) in [5, 5.41) is 12.0. The van der Waals surface area contributed by atoms with Gasteiger partial charge in [0.15, 0.2) is 0 Å². The molecule has 3 rings (SSSR count). The molecule has 0 bridgehead atoms. The SMILES string of the molecule is CC1(C)Cc2ccccc2CN1c1cc(NCCO)ncn1. The third-order valence-corrected chi connectivity index (χ3v) is 4.15. The molecular weight excluding hydrogens is 276 g/mol. The number of hydrogen-bond donors (Lipinski definition) is 2. The number of rotatable bonds is 4. The maximum absolute atomic E-state index is 8.92. The van der Waals surface area contributed by atoms with Crippen LogP contribution in [0.1, 0.15) is 25.0 Å². The fraction of sp³-hybridized carbons (Fsp3) is 0.412. The van der Waals surface area contributed by atoms with Gasteiger partial charge in [0.1, 0.15) is 18.0 Å². The minimum atomic E-state index is -0.00302. The van der Waals surface area contributed by atoms with Crippen LogP contribution in [0.25, 0.3) is 0 Å². The van der Waals surface area contributed by atoms with Crippen molar-refractivity contribution >= 4 is 11.6 Å². The molecule has 2 N–H and O–H groups in total. The van der Waals surface area contributed by atoms with E-state index in [1.807, 2.05) is 6.07 Å². The van der Waals surface area contributed by atoms with Gasteiger partial charge in [0.05, 0.1) is 6.61 Å². The second-order valence-electron chi connectivity index (χ2n) is 6.26. The molecule has 1 aliphatic heterocycles. The van der Waals surface area contributed by atoms with Gasteiger partial charge in [-0.1, -0.05) is 24.3 Å². The van der Waals surface area contributed by atoms with Crippen molar-refractivity contribution in [1.82, 2.24) is 9.97 Å². The summed E-state index contributed by atoms with van der Waals surface area (Å²) in [5.41, 5.74) is 2.76. The normalized spacial score (nSPS) is 16.2. The zero-order chi connectivity index (χ0) is 15.6. The molecule has 1 aromatic carbocycles. The summed E-state index contributed by atoms with van der Waals surface area (Å²) < 4.78 is 0. The minimum Gasteiger partial charge on any atom is -0.395 e. The summed E-state index contributed by atoms with van der Waals surface area (Å²) in [6.45, 7) is 5.90. The van der Waals surface area contributed by atoms with E-state index in [1.54, 1.807) is 6.33 Å². The largest absolute Gasteiger partial charge is 0.395 e. The van der Waals surface area contributed by atoms with Gasteiger partial charge in [0, 0.05) is 24.7 Å². The third kappa shape index (κ3) is 2.90. The Bertz CT molecular complexity index is 657. The molecule has 22 heavy (non-hydrogen) atoms. The molecule has 0 radical (unpaired) electrons. The van der Waals surface area contributed by atoms with E-state index < -0.39 is 0 Å².